The molecule has 126 valence electrons. The number of aliphatic hydroxyl groups excluding tert-OH is 1. The molecule has 0 saturated heterocycles. The van der Waals surface area contributed by atoms with Gasteiger partial charge in [0.1, 0.15) is 6.04 Å². The van der Waals surface area contributed by atoms with Gasteiger partial charge in [-0.25, -0.2) is 4.79 Å². The van der Waals surface area contributed by atoms with Crippen molar-refractivity contribution in [3.63, 3.8) is 0 Å². The highest BCUT2D eigenvalue weighted by Gasteiger charge is 2.25. The van der Waals surface area contributed by atoms with E-state index in [2.05, 4.69) is 5.32 Å². The third-order valence-corrected chi connectivity index (χ3v) is 3.73. The SMILES string of the molecule is COC(=O)[C@@H](CCc1ccccc1)NC(=O)[C@@H](O)c1ccccc1. The van der Waals surface area contributed by atoms with Crippen molar-refractivity contribution in [2.24, 2.45) is 0 Å². The van der Waals surface area contributed by atoms with Gasteiger partial charge in [0.15, 0.2) is 6.10 Å². The fraction of sp³-hybridized carbons (Fsp3) is 0.263. The molecule has 0 radical (unpaired) electrons. The first-order chi connectivity index (χ1) is 11.6. The minimum absolute atomic E-state index is 0.393. The molecule has 5 heteroatoms. The number of aryl methyl sites for hydroxylation is 1. The largest absolute Gasteiger partial charge is 0.467 e. The summed E-state index contributed by atoms with van der Waals surface area (Å²) in [5.41, 5.74) is 1.53. The average Bonchev–Trinajstić information content (AvgIpc) is 2.65. The summed E-state index contributed by atoms with van der Waals surface area (Å²) in [5.74, 6) is -1.15. The van der Waals surface area contributed by atoms with Crippen molar-refractivity contribution in [3.05, 3.63) is 71.8 Å². The maximum Gasteiger partial charge on any atom is 0.328 e. The number of amides is 1. The average molecular weight is 327 g/mol. The lowest BCUT2D eigenvalue weighted by Crippen LogP contribution is -2.44. The molecule has 0 aromatic heterocycles. The zero-order valence-corrected chi connectivity index (χ0v) is 13.5. The van der Waals surface area contributed by atoms with Crippen molar-refractivity contribution in [2.75, 3.05) is 7.11 Å². The fourth-order valence-corrected chi connectivity index (χ4v) is 2.38. The molecule has 0 spiro atoms. The summed E-state index contributed by atoms with van der Waals surface area (Å²) >= 11 is 0. The number of methoxy groups -OCH3 is 1. The lowest BCUT2D eigenvalue weighted by atomic mass is 10.0. The second-order valence-electron chi connectivity index (χ2n) is 5.42. The molecule has 2 aromatic rings. The number of hydrogen-bond acceptors (Lipinski definition) is 4. The summed E-state index contributed by atoms with van der Waals surface area (Å²) < 4.78 is 4.75. The van der Waals surface area contributed by atoms with E-state index in [4.69, 9.17) is 4.74 Å². The predicted molar refractivity (Wildman–Crippen MR) is 90.1 cm³/mol. The summed E-state index contributed by atoms with van der Waals surface area (Å²) in [6.45, 7) is 0. The van der Waals surface area contributed by atoms with Gasteiger partial charge in [-0.15, -0.1) is 0 Å². The Morgan fingerprint density at radius 3 is 2.21 bits per heavy atom. The van der Waals surface area contributed by atoms with Crippen LogP contribution < -0.4 is 5.32 Å². The smallest absolute Gasteiger partial charge is 0.328 e. The number of benzene rings is 2. The van der Waals surface area contributed by atoms with Gasteiger partial charge in [-0.05, 0) is 24.0 Å². The van der Waals surface area contributed by atoms with Crippen molar-refractivity contribution in [3.8, 4) is 0 Å². The van der Waals surface area contributed by atoms with Crippen LogP contribution in [0.5, 0.6) is 0 Å². The van der Waals surface area contributed by atoms with Crippen LogP contribution in [0.2, 0.25) is 0 Å². The highest BCUT2D eigenvalue weighted by molar-refractivity contribution is 5.87. The van der Waals surface area contributed by atoms with Crippen molar-refractivity contribution in [1.82, 2.24) is 5.32 Å². The van der Waals surface area contributed by atoms with E-state index in [9.17, 15) is 14.7 Å². The highest BCUT2D eigenvalue weighted by Crippen LogP contribution is 2.13. The molecule has 2 rings (SSSR count). The molecule has 24 heavy (non-hydrogen) atoms. The molecule has 5 nitrogen and oxygen atoms in total. The Hall–Kier alpha value is -2.66. The van der Waals surface area contributed by atoms with Crippen molar-refractivity contribution in [1.29, 1.82) is 0 Å². The van der Waals surface area contributed by atoms with Crippen LogP contribution in [0.4, 0.5) is 0 Å². The number of hydrogen-bond donors (Lipinski definition) is 2. The lowest BCUT2D eigenvalue weighted by Gasteiger charge is -2.19. The minimum atomic E-state index is -1.32. The van der Waals surface area contributed by atoms with Gasteiger partial charge in [0.25, 0.3) is 5.91 Å². The Bertz CT molecular complexity index is 658. The molecular weight excluding hydrogens is 306 g/mol. The van der Waals surface area contributed by atoms with E-state index in [-0.39, 0.29) is 0 Å². The van der Waals surface area contributed by atoms with Crippen molar-refractivity contribution >= 4 is 11.9 Å². The zero-order valence-electron chi connectivity index (χ0n) is 13.5. The van der Waals surface area contributed by atoms with E-state index in [1.165, 1.54) is 7.11 Å². The second-order valence-corrected chi connectivity index (χ2v) is 5.42. The first-order valence-electron chi connectivity index (χ1n) is 7.77. The molecule has 0 aliphatic rings. The second kappa shape index (κ2) is 8.84. The number of rotatable bonds is 7. The zero-order chi connectivity index (χ0) is 17.4. The number of esters is 1. The maximum atomic E-state index is 12.2. The Morgan fingerprint density at radius 1 is 1.04 bits per heavy atom. The Labute approximate surface area is 141 Å². The molecule has 0 heterocycles. The van der Waals surface area contributed by atoms with E-state index in [1.54, 1.807) is 30.3 Å². The lowest BCUT2D eigenvalue weighted by molar-refractivity contribution is -0.146. The van der Waals surface area contributed by atoms with E-state index >= 15 is 0 Å². The number of aliphatic hydroxyl groups is 1. The molecule has 0 aliphatic heterocycles. The van der Waals surface area contributed by atoms with Crippen LogP contribution in [0.1, 0.15) is 23.7 Å². The molecular formula is C19H21NO4. The summed E-state index contributed by atoms with van der Waals surface area (Å²) in [6, 6.07) is 17.4. The fourth-order valence-electron chi connectivity index (χ4n) is 2.38. The van der Waals surface area contributed by atoms with Gasteiger partial charge in [0, 0.05) is 0 Å². The Kier molecular flexibility index (Phi) is 6.51. The number of ether oxygens (including phenoxy) is 1. The number of carbonyl (C=O) groups is 2. The standard InChI is InChI=1S/C19H21NO4/c1-24-19(23)16(13-12-14-8-4-2-5-9-14)20-18(22)17(21)15-10-6-3-7-11-15/h2-11,16-17,21H,12-13H2,1H3,(H,20,22)/t16-,17+/m1/s1. The van der Waals surface area contributed by atoms with Crippen LogP contribution in [0, 0.1) is 0 Å². The summed E-state index contributed by atoms with van der Waals surface area (Å²) in [6.07, 6.45) is -0.318. The monoisotopic (exact) mass is 327 g/mol. The van der Waals surface area contributed by atoms with Crippen LogP contribution in [-0.2, 0) is 20.7 Å². The van der Waals surface area contributed by atoms with Gasteiger partial charge in [-0.2, -0.15) is 0 Å². The van der Waals surface area contributed by atoms with Gasteiger partial charge in [-0.3, -0.25) is 4.79 Å². The molecule has 0 aliphatic carbocycles. The summed E-state index contributed by atoms with van der Waals surface area (Å²) in [7, 11) is 1.28. The van der Waals surface area contributed by atoms with E-state index in [1.807, 2.05) is 30.3 Å². The molecule has 2 aromatic carbocycles. The van der Waals surface area contributed by atoms with Gasteiger partial charge in [-0.1, -0.05) is 60.7 Å². The van der Waals surface area contributed by atoms with Crippen LogP contribution in [0.3, 0.4) is 0 Å². The summed E-state index contributed by atoms with van der Waals surface area (Å²) in [5, 5.41) is 12.7. The van der Waals surface area contributed by atoms with Crippen molar-refractivity contribution in [2.45, 2.75) is 25.0 Å². The molecule has 0 saturated carbocycles. The first kappa shape index (κ1) is 17.7. The Morgan fingerprint density at radius 2 is 1.62 bits per heavy atom. The third kappa shape index (κ3) is 4.93. The van der Waals surface area contributed by atoms with Gasteiger partial charge >= 0.3 is 5.97 Å². The molecule has 0 fully saturated rings. The maximum absolute atomic E-state index is 12.2. The quantitative estimate of drug-likeness (QED) is 0.763. The van der Waals surface area contributed by atoms with Gasteiger partial charge in [0.05, 0.1) is 7.11 Å². The Balaban J connectivity index is 2.00. The van der Waals surface area contributed by atoms with Gasteiger partial charge < -0.3 is 15.2 Å². The molecule has 2 N–H and O–H groups in total. The number of nitrogens with one attached hydrogen (secondary N) is 1. The van der Waals surface area contributed by atoms with Crippen LogP contribution in [0.15, 0.2) is 60.7 Å². The van der Waals surface area contributed by atoms with Crippen LogP contribution >= 0.6 is 0 Å². The number of carbonyl (C=O) groups excluding carboxylic acids is 2. The molecule has 1 amide bonds. The normalized spacial score (nSPS) is 12.9. The van der Waals surface area contributed by atoms with E-state index in [0.29, 0.717) is 18.4 Å². The first-order valence-corrected chi connectivity index (χ1v) is 7.77. The molecule has 2 atom stereocenters. The van der Waals surface area contributed by atoms with E-state index in [0.717, 1.165) is 5.56 Å². The van der Waals surface area contributed by atoms with Crippen LogP contribution in [0.25, 0.3) is 0 Å². The summed E-state index contributed by atoms with van der Waals surface area (Å²) in [4.78, 5) is 24.1. The third-order valence-electron chi connectivity index (χ3n) is 3.73. The predicted octanol–water partition coefficient (Wildman–Crippen LogP) is 2.01. The highest BCUT2D eigenvalue weighted by atomic mass is 16.5. The van der Waals surface area contributed by atoms with Crippen molar-refractivity contribution < 1.29 is 19.4 Å². The van der Waals surface area contributed by atoms with E-state index < -0.39 is 24.0 Å². The van der Waals surface area contributed by atoms with Crippen LogP contribution in [-0.4, -0.2) is 30.1 Å². The topological polar surface area (TPSA) is 75.6 Å². The molecule has 0 bridgehead atoms. The minimum Gasteiger partial charge on any atom is -0.467 e. The van der Waals surface area contributed by atoms with Gasteiger partial charge in [0.2, 0.25) is 0 Å². The molecule has 0 unspecified atom stereocenters.